The van der Waals surface area contributed by atoms with Gasteiger partial charge in [-0.3, -0.25) is 0 Å². The van der Waals surface area contributed by atoms with E-state index in [2.05, 4.69) is 6.08 Å². The molecule has 1 saturated carbocycles. The van der Waals surface area contributed by atoms with Crippen molar-refractivity contribution in [3.63, 3.8) is 0 Å². The van der Waals surface area contributed by atoms with Crippen molar-refractivity contribution in [2.75, 3.05) is 0 Å². The summed E-state index contributed by atoms with van der Waals surface area (Å²) in [7, 11) is 0. The summed E-state index contributed by atoms with van der Waals surface area (Å²) in [6.45, 7) is 0. The molecule has 0 saturated heterocycles. The van der Waals surface area contributed by atoms with Gasteiger partial charge in [0.25, 0.3) is 0 Å². The Morgan fingerprint density at radius 3 is 2.40 bits per heavy atom. The monoisotopic (exact) mass is 276 g/mol. The zero-order valence-corrected chi connectivity index (χ0v) is 11.9. The van der Waals surface area contributed by atoms with Gasteiger partial charge in [-0.15, -0.1) is 0 Å². The van der Waals surface area contributed by atoms with Gasteiger partial charge in [0.05, 0.1) is 0 Å². The van der Waals surface area contributed by atoms with Crippen LogP contribution in [0, 0.1) is 23.5 Å². The molecule has 1 fully saturated rings. The number of allylic oxidation sites excluding steroid dienone is 2. The van der Waals surface area contributed by atoms with Gasteiger partial charge in [0.15, 0.2) is 11.6 Å². The SMILES string of the molecule is Fc1cccc(C2=CCC(C3CCCCC3)CC2)c1F. The van der Waals surface area contributed by atoms with Crippen molar-refractivity contribution in [1.29, 1.82) is 0 Å². The van der Waals surface area contributed by atoms with Crippen molar-refractivity contribution >= 4 is 5.57 Å². The largest absolute Gasteiger partial charge is 0.204 e. The molecule has 0 nitrogen and oxygen atoms in total. The summed E-state index contributed by atoms with van der Waals surface area (Å²) in [5, 5.41) is 0. The van der Waals surface area contributed by atoms with Crippen LogP contribution in [0.2, 0.25) is 0 Å². The van der Waals surface area contributed by atoms with E-state index < -0.39 is 11.6 Å². The number of benzene rings is 1. The van der Waals surface area contributed by atoms with Gasteiger partial charge in [-0.2, -0.15) is 0 Å². The standard InChI is InChI=1S/C18H22F2/c19-17-8-4-7-16(18(17)20)15-11-9-14(10-12-15)13-5-2-1-3-6-13/h4,7-8,11,13-14H,1-3,5-6,9-10,12H2. The van der Waals surface area contributed by atoms with Crippen LogP contribution in [-0.4, -0.2) is 0 Å². The fraction of sp³-hybridized carbons (Fsp3) is 0.556. The Balaban J connectivity index is 1.71. The maximum atomic E-state index is 13.8. The molecule has 1 aromatic carbocycles. The Kier molecular flexibility index (Phi) is 4.18. The second kappa shape index (κ2) is 6.07. The van der Waals surface area contributed by atoms with Crippen molar-refractivity contribution < 1.29 is 8.78 Å². The summed E-state index contributed by atoms with van der Waals surface area (Å²) >= 11 is 0. The van der Waals surface area contributed by atoms with Crippen molar-refractivity contribution in [3.8, 4) is 0 Å². The molecule has 0 aromatic heterocycles. The highest BCUT2D eigenvalue weighted by Gasteiger charge is 2.26. The van der Waals surface area contributed by atoms with E-state index in [-0.39, 0.29) is 0 Å². The number of halogens is 2. The molecule has 0 aliphatic heterocycles. The molecule has 3 rings (SSSR count). The molecule has 0 heterocycles. The lowest BCUT2D eigenvalue weighted by molar-refractivity contribution is 0.235. The molecule has 20 heavy (non-hydrogen) atoms. The molecule has 0 amide bonds. The van der Waals surface area contributed by atoms with Gasteiger partial charge in [0.1, 0.15) is 0 Å². The molecule has 1 aromatic rings. The van der Waals surface area contributed by atoms with Gasteiger partial charge in [0, 0.05) is 5.56 Å². The second-order valence-electron chi connectivity index (χ2n) is 6.26. The Labute approximate surface area is 119 Å². The molecule has 2 heteroatoms. The third-order valence-electron chi connectivity index (χ3n) is 5.07. The van der Waals surface area contributed by atoms with Gasteiger partial charge in [0.2, 0.25) is 0 Å². The van der Waals surface area contributed by atoms with E-state index in [4.69, 9.17) is 0 Å². The molecule has 0 radical (unpaired) electrons. The summed E-state index contributed by atoms with van der Waals surface area (Å²) < 4.78 is 27.1. The fourth-order valence-corrected chi connectivity index (χ4v) is 3.88. The third kappa shape index (κ3) is 2.79. The summed E-state index contributed by atoms with van der Waals surface area (Å²) in [5.74, 6) is 0.197. The van der Waals surface area contributed by atoms with Gasteiger partial charge in [-0.25, -0.2) is 8.78 Å². The number of hydrogen-bond donors (Lipinski definition) is 0. The van der Waals surface area contributed by atoms with E-state index in [0.29, 0.717) is 5.56 Å². The topological polar surface area (TPSA) is 0 Å². The smallest absolute Gasteiger partial charge is 0.166 e. The molecule has 1 unspecified atom stereocenters. The van der Waals surface area contributed by atoms with Gasteiger partial charge < -0.3 is 0 Å². The van der Waals surface area contributed by atoms with Crippen molar-refractivity contribution in [1.82, 2.24) is 0 Å². The lowest BCUT2D eigenvalue weighted by Gasteiger charge is -2.32. The van der Waals surface area contributed by atoms with Gasteiger partial charge in [-0.05, 0) is 42.7 Å². The predicted molar refractivity (Wildman–Crippen MR) is 78.3 cm³/mol. The van der Waals surface area contributed by atoms with Crippen LogP contribution < -0.4 is 0 Å². The first-order valence-corrected chi connectivity index (χ1v) is 7.89. The first-order chi connectivity index (χ1) is 9.75. The van der Waals surface area contributed by atoms with Gasteiger partial charge >= 0.3 is 0 Å². The molecule has 2 aliphatic carbocycles. The molecule has 1 atom stereocenters. The van der Waals surface area contributed by atoms with E-state index in [9.17, 15) is 8.78 Å². The van der Waals surface area contributed by atoms with E-state index in [1.54, 1.807) is 12.1 Å². The van der Waals surface area contributed by atoms with Crippen LogP contribution in [-0.2, 0) is 0 Å². The lowest BCUT2D eigenvalue weighted by atomic mass is 9.73. The van der Waals surface area contributed by atoms with Crippen LogP contribution in [0.1, 0.15) is 56.9 Å². The maximum absolute atomic E-state index is 13.8. The molecule has 2 aliphatic rings. The third-order valence-corrected chi connectivity index (χ3v) is 5.07. The quantitative estimate of drug-likeness (QED) is 0.647. The minimum atomic E-state index is -0.738. The summed E-state index contributed by atoms with van der Waals surface area (Å²) in [6, 6.07) is 4.49. The highest BCUT2D eigenvalue weighted by molar-refractivity contribution is 5.66. The van der Waals surface area contributed by atoms with E-state index in [1.165, 1.54) is 38.2 Å². The fourth-order valence-electron chi connectivity index (χ4n) is 3.88. The summed E-state index contributed by atoms with van der Waals surface area (Å²) in [5.41, 5.74) is 1.46. The molecular formula is C18H22F2. The lowest BCUT2D eigenvalue weighted by Crippen LogP contribution is -2.19. The van der Waals surface area contributed by atoms with Crippen LogP contribution in [0.25, 0.3) is 5.57 Å². The van der Waals surface area contributed by atoms with E-state index in [1.807, 2.05) is 0 Å². The Morgan fingerprint density at radius 1 is 0.900 bits per heavy atom. The van der Waals surface area contributed by atoms with Crippen LogP contribution in [0.5, 0.6) is 0 Å². The minimum Gasteiger partial charge on any atom is -0.204 e. The van der Waals surface area contributed by atoms with Crippen molar-refractivity contribution in [2.24, 2.45) is 11.8 Å². The highest BCUT2D eigenvalue weighted by atomic mass is 19.2. The second-order valence-corrected chi connectivity index (χ2v) is 6.26. The first kappa shape index (κ1) is 13.8. The average molecular weight is 276 g/mol. The minimum absolute atomic E-state index is 0.465. The van der Waals surface area contributed by atoms with Gasteiger partial charge in [-0.1, -0.05) is 50.3 Å². The van der Waals surface area contributed by atoms with Crippen LogP contribution >= 0.6 is 0 Å². The normalized spacial score (nSPS) is 24.5. The number of rotatable bonds is 2. The maximum Gasteiger partial charge on any atom is 0.166 e. The molecule has 0 spiro atoms. The molecule has 108 valence electrons. The highest BCUT2D eigenvalue weighted by Crippen LogP contribution is 2.40. The Morgan fingerprint density at radius 2 is 1.70 bits per heavy atom. The zero-order chi connectivity index (χ0) is 13.9. The zero-order valence-electron chi connectivity index (χ0n) is 11.9. The molecule has 0 bridgehead atoms. The van der Waals surface area contributed by atoms with Crippen LogP contribution in [0.4, 0.5) is 8.78 Å². The first-order valence-electron chi connectivity index (χ1n) is 7.89. The van der Waals surface area contributed by atoms with E-state index in [0.717, 1.165) is 36.7 Å². The van der Waals surface area contributed by atoms with Crippen molar-refractivity contribution in [3.05, 3.63) is 41.5 Å². The van der Waals surface area contributed by atoms with Crippen molar-refractivity contribution in [2.45, 2.75) is 51.4 Å². The Hall–Kier alpha value is -1.18. The van der Waals surface area contributed by atoms with E-state index >= 15 is 0 Å². The molecular weight excluding hydrogens is 254 g/mol. The Bertz CT molecular complexity index is 498. The summed E-state index contributed by atoms with van der Waals surface area (Å²) in [6.07, 6.45) is 12.1. The predicted octanol–water partition coefficient (Wildman–Crippen LogP) is 5.73. The van der Waals surface area contributed by atoms with Crippen LogP contribution in [0.3, 0.4) is 0 Å². The van der Waals surface area contributed by atoms with Crippen LogP contribution in [0.15, 0.2) is 24.3 Å². The average Bonchev–Trinajstić information content (AvgIpc) is 2.51. The molecule has 0 N–H and O–H groups in total. The number of hydrogen-bond acceptors (Lipinski definition) is 0. The summed E-state index contributed by atoms with van der Waals surface area (Å²) in [4.78, 5) is 0.